The molecule has 5 nitrogen and oxygen atoms in total. The molecule has 0 atom stereocenters. The Morgan fingerprint density at radius 3 is 2.75 bits per heavy atom. The van der Waals surface area contributed by atoms with E-state index in [0.29, 0.717) is 17.8 Å². The highest BCUT2D eigenvalue weighted by Gasteiger charge is 2.06. The Kier molecular flexibility index (Phi) is 7.55. The van der Waals surface area contributed by atoms with Crippen LogP contribution in [0.5, 0.6) is 5.88 Å². The molecular weight excluding hydrogens is 322 g/mol. The van der Waals surface area contributed by atoms with E-state index in [9.17, 15) is 4.79 Å². The van der Waals surface area contributed by atoms with Gasteiger partial charge in [-0.15, -0.1) is 0 Å². The number of unbranched alkanes of at least 4 members (excludes halogenated alkanes) is 1. The van der Waals surface area contributed by atoms with Crippen LogP contribution in [0.3, 0.4) is 0 Å². The molecule has 1 heterocycles. The summed E-state index contributed by atoms with van der Waals surface area (Å²) in [5.41, 5.74) is 0.902. The molecule has 1 aromatic carbocycles. The molecule has 0 saturated heterocycles. The van der Waals surface area contributed by atoms with Gasteiger partial charge in [-0.1, -0.05) is 50.2 Å². The van der Waals surface area contributed by atoms with Crippen molar-refractivity contribution in [3.8, 4) is 11.6 Å². The number of hydrogen-bond donors (Lipinski definition) is 0. The number of ether oxygens (including phenoxy) is 1. The van der Waals surface area contributed by atoms with E-state index >= 15 is 0 Å². The van der Waals surface area contributed by atoms with Crippen molar-refractivity contribution in [1.29, 1.82) is 0 Å². The lowest BCUT2D eigenvalue weighted by Gasteiger charge is -2.12. The van der Waals surface area contributed by atoms with Gasteiger partial charge in [0.05, 0.1) is 23.8 Å². The summed E-state index contributed by atoms with van der Waals surface area (Å²) in [6.45, 7) is 4.72. The molecule has 1 amide bonds. The first kappa shape index (κ1) is 18.3. The maximum absolute atomic E-state index is 11.9. The number of carbonyl (C=O) groups is 1. The highest BCUT2D eigenvalue weighted by atomic mass is 32.2. The summed E-state index contributed by atoms with van der Waals surface area (Å²) < 4.78 is 7.50. The summed E-state index contributed by atoms with van der Waals surface area (Å²) in [7, 11) is 0. The zero-order chi connectivity index (χ0) is 17.2. The number of hydrogen-bond acceptors (Lipinski definition) is 4. The number of aromatic nitrogens is 2. The smallest absolute Gasteiger partial charge is 0.305 e. The molecule has 0 unspecified atom stereocenters. The van der Waals surface area contributed by atoms with Gasteiger partial charge in [-0.3, -0.25) is 4.79 Å². The average Bonchev–Trinajstić information content (AvgIpc) is 2.61. The molecule has 128 valence electrons. The van der Waals surface area contributed by atoms with E-state index in [1.165, 1.54) is 11.8 Å². The van der Waals surface area contributed by atoms with Crippen molar-refractivity contribution in [2.75, 3.05) is 12.4 Å². The van der Waals surface area contributed by atoms with Crippen LogP contribution in [0.1, 0.15) is 33.1 Å². The third-order valence-corrected chi connectivity index (χ3v) is 4.02. The lowest BCUT2D eigenvalue weighted by atomic mass is 10.3. The molecule has 1 aromatic heterocycles. The molecule has 0 bridgehead atoms. The molecule has 0 spiro atoms. The molecule has 2 aromatic rings. The second-order valence-electron chi connectivity index (χ2n) is 5.23. The van der Waals surface area contributed by atoms with Gasteiger partial charge in [-0.25, -0.2) is 9.67 Å². The Morgan fingerprint density at radius 2 is 2.04 bits per heavy atom. The molecule has 0 aliphatic heterocycles. The minimum Gasteiger partial charge on any atom is -0.478 e. The lowest BCUT2D eigenvalue weighted by Crippen LogP contribution is -2.15. The Morgan fingerprint density at radius 1 is 1.25 bits per heavy atom. The van der Waals surface area contributed by atoms with Crippen molar-refractivity contribution in [3.63, 3.8) is 0 Å². The third-order valence-electron chi connectivity index (χ3n) is 3.18. The van der Waals surface area contributed by atoms with Gasteiger partial charge in [0.15, 0.2) is 0 Å². The first-order valence-electron chi connectivity index (χ1n) is 8.23. The summed E-state index contributed by atoms with van der Waals surface area (Å²) in [6.07, 6.45) is 4.56. The quantitative estimate of drug-likeness (QED) is 0.705. The molecule has 24 heavy (non-hydrogen) atoms. The Labute approximate surface area is 146 Å². The van der Waals surface area contributed by atoms with E-state index in [1.807, 2.05) is 37.3 Å². The van der Waals surface area contributed by atoms with Crippen molar-refractivity contribution in [3.05, 3.63) is 48.0 Å². The lowest BCUT2D eigenvalue weighted by molar-refractivity contribution is 0.267. The zero-order valence-corrected chi connectivity index (χ0v) is 15.0. The third kappa shape index (κ3) is 5.53. The SMILES string of the molecule is CCCCSC(=O)N=c1cnn(-c2ccccc2)c(OCCC)c1. The average molecular weight is 345 g/mol. The van der Waals surface area contributed by atoms with Crippen molar-refractivity contribution in [1.82, 2.24) is 9.78 Å². The van der Waals surface area contributed by atoms with Gasteiger partial charge in [0.1, 0.15) is 0 Å². The van der Waals surface area contributed by atoms with E-state index in [4.69, 9.17) is 4.74 Å². The van der Waals surface area contributed by atoms with Gasteiger partial charge in [0.25, 0.3) is 0 Å². The number of nitrogens with zero attached hydrogens (tertiary/aromatic N) is 3. The van der Waals surface area contributed by atoms with Crippen LogP contribution in [0.2, 0.25) is 0 Å². The number of thioether (sulfide) groups is 1. The summed E-state index contributed by atoms with van der Waals surface area (Å²) in [4.78, 5) is 16.0. The van der Waals surface area contributed by atoms with Gasteiger partial charge in [-0.2, -0.15) is 5.10 Å². The fourth-order valence-corrected chi connectivity index (χ4v) is 2.75. The van der Waals surface area contributed by atoms with Crippen LogP contribution >= 0.6 is 11.8 Å². The molecule has 0 N–H and O–H groups in total. The predicted octanol–water partition coefficient (Wildman–Crippen LogP) is 4.22. The second kappa shape index (κ2) is 9.93. The van der Waals surface area contributed by atoms with E-state index in [2.05, 4.69) is 17.0 Å². The van der Waals surface area contributed by atoms with Crippen LogP contribution in [0.4, 0.5) is 4.79 Å². The van der Waals surface area contributed by atoms with Gasteiger partial charge >= 0.3 is 5.24 Å². The number of para-hydroxylation sites is 1. The van der Waals surface area contributed by atoms with E-state index in [1.54, 1.807) is 16.9 Å². The second-order valence-corrected chi connectivity index (χ2v) is 6.27. The van der Waals surface area contributed by atoms with Gasteiger partial charge in [0.2, 0.25) is 5.88 Å². The monoisotopic (exact) mass is 345 g/mol. The zero-order valence-electron chi connectivity index (χ0n) is 14.1. The van der Waals surface area contributed by atoms with Gasteiger partial charge in [0, 0.05) is 11.8 Å². The molecule has 6 heteroatoms. The number of amides is 1. The van der Waals surface area contributed by atoms with Crippen molar-refractivity contribution in [2.24, 2.45) is 4.99 Å². The van der Waals surface area contributed by atoms with E-state index in [0.717, 1.165) is 30.7 Å². The standard InChI is InChI=1S/C18H23N3O2S/c1-3-5-12-24-18(22)20-15-13-17(23-11-4-2)21(19-14-15)16-9-7-6-8-10-16/h6-10,13-14H,3-5,11-12H2,1-2H3. The van der Waals surface area contributed by atoms with Crippen LogP contribution in [0.25, 0.3) is 5.69 Å². The highest BCUT2D eigenvalue weighted by molar-refractivity contribution is 8.13. The maximum Gasteiger partial charge on any atom is 0.305 e. The van der Waals surface area contributed by atoms with Crippen LogP contribution < -0.4 is 10.1 Å². The largest absolute Gasteiger partial charge is 0.478 e. The molecule has 0 saturated carbocycles. The van der Waals surface area contributed by atoms with E-state index < -0.39 is 0 Å². The summed E-state index contributed by atoms with van der Waals surface area (Å²) in [5, 5.41) is 4.71. The summed E-state index contributed by atoms with van der Waals surface area (Å²) in [5.74, 6) is 1.37. The minimum absolute atomic E-state index is 0.191. The molecule has 0 radical (unpaired) electrons. The van der Waals surface area contributed by atoms with Crippen molar-refractivity contribution >= 4 is 17.0 Å². The normalized spacial score (nSPS) is 11.5. The van der Waals surface area contributed by atoms with E-state index in [-0.39, 0.29) is 5.24 Å². The van der Waals surface area contributed by atoms with Gasteiger partial charge < -0.3 is 4.74 Å². The molecule has 2 rings (SSSR count). The Hall–Kier alpha value is -2.08. The highest BCUT2D eigenvalue weighted by Crippen LogP contribution is 2.14. The van der Waals surface area contributed by atoms with Crippen molar-refractivity contribution in [2.45, 2.75) is 33.1 Å². The number of carbonyl (C=O) groups excluding carboxylic acids is 1. The maximum atomic E-state index is 11.9. The Balaban J connectivity index is 2.27. The topological polar surface area (TPSA) is 56.5 Å². The molecule has 0 aliphatic rings. The fourth-order valence-electron chi connectivity index (χ4n) is 1.97. The first-order valence-corrected chi connectivity index (χ1v) is 9.22. The molecular formula is C18H23N3O2S. The number of rotatable bonds is 7. The van der Waals surface area contributed by atoms with Crippen LogP contribution in [-0.4, -0.2) is 27.4 Å². The Bertz CT molecular complexity index is 714. The first-order chi connectivity index (χ1) is 11.7. The summed E-state index contributed by atoms with van der Waals surface area (Å²) in [6, 6.07) is 11.5. The predicted molar refractivity (Wildman–Crippen MR) is 97.7 cm³/mol. The number of benzene rings is 1. The molecule has 0 fully saturated rings. The van der Waals surface area contributed by atoms with Gasteiger partial charge in [-0.05, 0) is 25.0 Å². The van der Waals surface area contributed by atoms with Crippen LogP contribution in [0, 0.1) is 0 Å². The van der Waals surface area contributed by atoms with Crippen molar-refractivity contribution < 1.29 is 9.53 Å². The fraction of sp³-hybridized carbons (Fsp3) is 0.389. The van der Waals surface area contributed by atoms with Crippen LogP contribution in [0.15, 0.2) is 47.6 Å². The van der Waals surface area contributed by atoms with Crippen LogP contribution in [-0.2, 0) is 0 Å². The summed E-state index contributed by atoms with van der Waals surface area (Å²) >= 11 is 1.24. The minimum atomic E-state index is -0.191. The molecule has 0 aliphatic carbocycles.